The summed E-state index contributed by atoms with van der Waals surface area (Å²) in [6.45, 7) is 5.09. The molecule has 30 heavy (non-hydrogen) atoms. The predicted octanol–water partition coefficient (Wildman–Crippen LogP) is 4.63. The molecule has 1 amide bonds. The van der Waals surface area contributed by atoms with Gasteiger partial charge in [0.2, 0.25) is 5.91 Å². The second-order valence-corrected chi connectivity index (χ2v) is 9.60. The van der Waals surface area contributed by atoms with Crippen molar-refractivity contribution in [2.45, 2.75) is 70.4 Å². The van der Waals surface area contributed by atoms with Crippen molar-refractivity contribution in [3.63, 3.8) is 0 Å². The van der Waals surface area contributed by atoms with Crippen LogP contribution in [0.5, 0.6) is 0 Å². The summed E-state index contributed by atoms with van der Waals surface area (Å²) < 4.78 is 19.8. The maximum atomic E-state index is 14.0. The number of likely N-dealkylation sites (tertiary alicyclic amines) is 1. The third-order valence-electron chi connectivity index (χ3n) is 7.28. The Balaban J connectivity index is 1.28. The quantitative estimate of drug-likeness (QED) is 0.620. The zero-order valence-corrected chi connectivity index (χ0v) is 18.2. The summed E-state index contributed by atoms with van der Waals surface area (Å²) in [5, 5.41) is 0. The number of halogens is 1. The summed E-state index contributed by atoms with van der Waals surface area (Å²) in [5.41, 5.74) is 0.780. The molecular formula is C25H37FN2O2. The molecule has 1 aliphatic carbocycles. The fraction of sp³-hybridized carbons (Fsp3) is 0.720. The Morgan fingerprint density at radius 3 is 2.47 bits per heavy atom. The van der Waals surface area contributed by atoms with Crippen LogP contribution in [0.2, 0.25) is 0 Å². The molecule has 2 heterocycles. The van der Waals surface area contributed by atoms with Gasteiger partial charge >= 0.3 is 0 Å². The molecule has 3 aliphatic rings. The van der Waals surface area contributed by atoms with Crippen LogP contribution in [0.3, 0.4) is 0 Å². The van der Waals surface area contributed by atoms with Crippen molar-refractivity contribution in [3.8, 4) is 0 Å². The van der Waals surface area contributed by atoms with E-state index in [2.05, 4.69) is 9.80 Å². The SMILES string of the molecule is O=C(CC1CCCC1)N(CC1CCN(Cc2ccccc2F)CC1)C[C@@H]1CCCO1. The molecule has 0 unspecified atom stereocenters. The van der Waals surface area contributed by atoms with Gasteiger partial charge in [0.25, 0.3) is 0 Å². The van der Waals surface area contributed by atoms with Crippen molar-refractivity contribution in [2.75, 3.05) is 32.8 Å². The molecule has 4 nitrogen and oxygen atoms in total. The van der Waals surface area contributed by atoms with E-state index in [1.165, 1.54) is 25.7 Å². The summed E-state index contributed by atoms with van der Waals surface area (Å²) in [4.78, 5) is 17.6. The summed E-state index contributed by atoms with van der Waals surface area (Å²) in [7, 11) is 0. The number of nitrogens with zero attached hydrogens (tertiary/aromatic N) is 2. The molecule has 0 N–H and O–H groups in total. The van der Waals surface area contributed by atoms with Crippen LogP contribution in [-0.4, -0.2) is 54.6 Å². The Hall–Kier alpha value is -1.46. The number of ether oxygens (including phenoxy) is 1. The van der Waals surface area contributed by atoms with E-state index < -0.39 is 0 Å². The molecule has 166 valence electrons. The Morgan fingerprint density at radius 1 is 1.00 bits per heavy atom. The number of piperidine rings is 1. The number of rotatable bonds is 8. The van der Waals surface area contributed by atoms with E-state index in [1.807, 2.05) is 12.1 Å². The Bertz CT molecular complexity index is 677. The van der Waals surface area contributed by atoms with Gasteiger partial charge in [-0.05, 0) is 69.5 Å². The molecular weight excluding hydrogens is 379 g/mol. The molecule has 1 atom stereocenters. The Labute approximate surface area is 180 Å². The maximum Gasteiger partial charge on any atom is 0.222 e. The third kappa shape index (κ3) is 6.04. The van der Waals surface area contributed by atoms with E-state index in [4.69, 9.17) is 4.74 Å². The Morgan fingerprint density at radius 2 is 1.77 bits per heavy atom. The van der Waals surface area contributed by atoms with Gasteiger partial charge in [-0.2, -0.15) is 0 Å². The highest BCUT2D eigenvalue weighted by molar-refractivity contribution is 5.76. The van der Waals surface area contributed by atoms with Gasteiger partial charge in [-0.1, -0.05) is 31.0 Å². The fourth-order valence-electron chi connectivity index (χ4n) is 5.41. The monoisotopic (exact) mass is 416 g/mol. The van der Waals surface area contributed by atoms with Gasteiger partial charge in [0.05, 0.1) is 6.10 Å². The van der Waals surface area contributed by atoms with Crippen LogP contribution in [-0.2, 0) is 16.1 Å². The van der Waals surface area contributed by atoms with Gasteiger partial charge in [-0.3, -0.25) is 9.69 Å². The van der Waals surface area contributed by atoms with E-state index in [-0.39, 0.29) is 11.9 Å². The standard InChI is InChI=1S/C25H37FN2O2/c26-24-10-4-3-8-22(24)18-27-13-11-21(12-14-27)17-28(19-23-9-5-15-30-23)25(29)16-20-6-1-2-7-20/h3-4,8,10,20-21,23H,1-2,5-7,9,11-19H2/t23-/m0/s1. The molecule has 0 spiro atoms. The van der Waals surface area contributed by atoms with Gasteiger partial charge in [0.15, 0.2) is 0 Å². The lowest BCUT2D eigenvalue weighted by Crippen LogP contribution is -2.44. The number of hydrogen-bond acceptors (Lipinski definition) is 3. The van der Waals surface area contributed by atoms with Crippen LogP contribution in [0.15, 0.2) is 24.3 Å². The predicted molar refractivity (Wildman–Crippen MR) is 117 cm³/mol. The minimum Gasteiger partial charge on any atom is -0.376 e. The van der Waals surface area contributed by atoms with Crippen molar-refractivity contribution in [1.29, 1.82) is 0 Å². The van der Waals surface area contributed by atoms with E-state index in [1.54, 1.807) is 12.1 Å². The molecule has 0 aromatic heterocycles. The molecule has 0 bridgehead atoms. The van der Waals surface area contributed by atoms with Crippen molar-refractivity contribution in [2.24, 2.45) is 11.8 Å². The van der Waals surface area contributed by atoms with Gasteiger partial charge in [-0.15, -0.1) is 0 Å². The van der Waals surface area contributed by atoms with Gasteiger partial charge < -0.3 is 9.64 Å². The fourth-order valence-corrected chi connectivity index (χ4v) is 5.41. The van der Waals surface area contributed by atoms with Gasteiger partial charge in [-0.25, -0.2) is 4.39 Å². The van der Waals surface area contributed by atoms with E-state index in [9.17, 15) is 9.18 Å². The average molecular weight is 417 g/mol. The van der Waals surface area contributed by atoms with Crippen molar-refractivity contribution < 1.29 is 13.9 Å². The van der Waals surface area contributed by atoms with Gasteiger partial charge in [0, 0.05) is 38.2 Å². The molecule has 0 radical (unpaired) electrons. The first-order chi connectivity index (χ1) is 14.7. The molecule has 4 rings (SSSR count). The van der Waals surface area contributed by atoms with E-state index in [0.29, 0.717) is 24.3 Å². The summed E-state index contributed by atoms with van der Waals surface area (Å²) >= 11 is 0. The van der Waals surface area contributed by atoms with Crippen LogP contribution in [0.25, 0.3) is 0 Å². The van der Waals surface area contributed by atoms with Gasteiger partial charge in [0.1, 0.15) is 5.82 Å². The number of amides is 1. The molecule has 5 heteroatoms. The van der Waals surface area contributed by atoms with E-state index >= 15 is 0 Å². The maximum absolute atomic E-state index is 14.0. The molecule has 1 aromatic rings. The minimum atomic E-state index is -0.111. The lowest BCUT2D eigenvalue weighted by Gasteiger charge is -2.36. The van der Waals surface area contributed by atoms with E-state index in [0.717, 1.165) is 70.5 Å². The van der Waals surface area contributed by atoms with Crippen molar-refractivity contribution >= 4 is 5.91 Å². The average Bonchev–Trinajstić information content (AvgIpc) is 3.45. The molecule has 1 saturated carbocycles. The lowest BCUT2D eigenvalue weighted by molar-refractivity contribution is -0.134. The minimum absolute atomic E-state index is 0.111. The van der Waals surface area contributed by atoms with Crippen LogP contribution >= 0.6 is 0 Å². The second-order valence-electron chi connectivity index (χ2n) is 9.60. The van der Waals surface area contributed by atoms with Crippen LogP contribution in [0.1, 0.15) is 63.4 Å². The topological polar surface area (TPSA) is 32.8 Å². The lowest BCUT2D eigenvalue weighted by atomic mass is 9.94. The highest BCUT2D eigenvalue weighted by Crippen LogP contribution is 2.29. The zero-order valence-electron chi connectivity index (χ0n) is 18.2. The molecule has 3 fully saturated rings. The third-order valence-corrected chi connectivity index (χ3v) is 7.28. The summed E-state index contributed by atoms with van der Waals surface area (Å²) in [6, 6.07) is 7.08. The van der Waals surface area contributed by atoms with Crippen molar-refractivity contribution in [1.82, 2.24) is 9.80 Å². The summed E-state index contributed by atoms with van der Waals surface area (Å²) in [5.74, 6) is 1.36. The summed E-state index contributed by atoms with van der Waals surface area (Å²) in [6.07, 6.45) is 10.3. The molecule has 2 aliphatic heterocycles. The first kappa shape index (κ1) is 21.8. The largest absolute Gasteiger partial charge is 0.376 e. The first-order valence-electron chi connectivity index (χ1n) is 12.0. The first-order valence-corrected chi connectivity index (χ1v) is 12.0. The number of carbonyl (C=O) groups is 1. The number of hydrogen-bond donors (Lipinski definition) is 0. The normalized spacial score (nSPS) is 23.8. The second kappa shape index (κ2) is 10.7. The zero-order chi connectivity index (χ0) is 20.8. The number of benzene rings is 1. The van der Waals surface area contributed by atoms with Crippen LogP contribution < -0.4 is 0 Å². The number of carbonyl (C=O) groups excluding carboxylic acids is 1. The van der Waals surface area contributed by atoms with Crippen LogP contribution in [0, 0.1) is 17.7 Å². The molecule has 2 saturated heterocycles. The van der Waals surface area contributed by atoms with Crippen molar-refractivity contribution in [3.05, 3.63) is 35.6 Å². The Kier molecular flexibility index (Phi) is 7.78. The highest BCUT2D eigenvalue weighted by atomic mass is 19.1. The smallest absolute Gasteiger partial charge is 0.222 e. The van der Waals surface area contributed by atoms with Crippen LogP contribution in [0.4, 0.5) is 4.39 Å². The molecule has 1 aromatic carbocycles. The highest BCUT2D eigenvalue weighted by Gasteiger charge is 2.29.